The van der Waals surface area contributed by atoms with Crippen molar-refractivity contribution in [2.75, 3.05) is 13.2 Å². The average Bonchev–Trinajstić information content (AvgIpc) is 2.88. The van der Waals surface area contributed by atoms with E-state index in [1.165, 1.54) is 13.8 Å². The fourth-order valence-corrected chi connectivity index (χ4v) is 1.65. The van der Waals surface area contributed by atoms with Crippen LogP contribution in [-0.4, -0.2) is 25.2 Å². The Morgan fingerprint density at radius 2 is 1.80 bits per heavy atom. The molecule has 0 aromatic rings. The Morgan fingerprint density at radius 1 is 1.13 bits per heavy atom. The molecule has 86 valence electrons. The van der Waals surface area contributed by atoms with Crippen molar-refractivity contribution < 1.29 is 19.1 Å². The number of ether oxygens (including phenoxy) is 2. The Kier molecular flexibility index (Phi) is 4.59. The number of carbonyl (C=O) groups is 2. The minimum absolute atomic E-state index is 0.208. The zero-order valence-corrected chi connectivity index (χ0v) is 9.32. The van der Waals surface area contributed by atoms with Crippen molar-refractivity contribution in [2.24, 2.45) is 11.8 Å². The Bertz CT molecular complexity index is 237. The smallest absolute Gasteiger partial charge is 0.302 e. The van der Waals surface area contributed by atoms with Gasteiger partial charge in [0.2, 0.25) is 0 Å². The number of esters is 2. The minimum atomic E-state index is -0.220. The van der Waals surface area contributed by atoms with E-state index in [1.807, 2.05) is 0 Å². The summed E-state index contributed by atoms with van der Waals surface area (Å²) in [7, 11) is 0. The standard InChI is InChI=1S/C11H18O4/c1-8(12)14-5-3-4-10-6-11(10)7-15-9(2)13/h10-11H,3-7H2,1-2H3/t10-,11+/m1/s1. The quantitative estimate of drug-likeness (QED) is 0.497. The second-order valence-corrected chi connectivity index (χ2v) is 4.04. The minimum Gasteiger partial charge on any atom is -0.466 e. The van der Waals surface area contributed by atoms with Gasteiger partial charge in [-0.1, -0.05) is 0 Å². The van der Waals surface area contributed by atoms with Gasteiger partial charge in [0.05, 0.1) is 13.2 Å². The van der Waals surface area contributed by atoms with E-state index < -0.39 is 0 Å². The molecule has 0 aromatic carbocycles. The van der Waals surface area contributed by atoms with Gasteiger partial charge in [0.1, 0.15) is 0 Å². The van der Waals surface area contributed by atoms with Crippen LogP contribution < -0.4 is 0 Å². The number of rotatable bonds is 6. The summed E-state index contributed by atoms with van der Waals surface area (Å²) in [5.74, 6) is 0.758. The van der Waals surface area contributed by atoms with Gasteiger partial charge in [0.25, 0.3) is 0 Å². The molecule has 0 amide bonds. The summed E-state index contributed by atoms with van der Waals surface area (Å²) in [4.78, 5) is 21.0. The highest BCUT2D eigenvalue weighted by Gasteiger charge is 2.36. The van der Waals surface area contributed by atoms with Gasteiger partial charge in [0.15, 0.2) is 0 Å². The lowest BCUT2D eigenvalue weighted by Crippen LogP contribution is -2.04. The summed E-state index contributed by atoms with van der Waals surface area (Å²) >= 11 is 0. The molecule has 0 unspecified atom stereocenters. The maximum atomic E-state index is 10.5. The van der Waals surface area contributed by atoms with Crippen LogP contribution in [0.3, 0.4) is 0 Å². The molecule has 4 nitrogen and oxygen atoms in total. The van der Waals surface area contributed by atoms with Gasteiger partial charge in [-0.05, 0) is 31.1 Å². The normalized spacial score (nSPS) is 23.3. The van der Waals surface area contributed by atoms with E-state index in [4.69, 9.17) is 9.47 Å². The highest BCUT2D eigenvalue weighted by molar-refractivity contribution is 5.66. The largest absolute Gasteiger partial charge is 0.466 e. The molecule has 1 aliphatic rings. The number of hydrogen-bond donors (Lipinski definition) is 0. The maximum Gasteiger partial charge on any atom is 0.302 e. The molecule has 0 N–H and O–H groups in total. The third-order valence-electron chi connectivity index (χ3n) is 2.59. The predicted molar refractivity (Wildman–Crippen MR) is 54.1 cm³/mol. The third-order valence-corrected chi connectivity index (χ3v) is 2.59. The molecule has 15 heavy (non-hydrogen) atoms. The first-order valence-corrected chi connectivity index (χ1v) is 5.36. The summed E-state index contributed by atoms with van der Waals surface area (Å²) in [6.45, 7) is 3.90. The van der Waals surface area contributed by atoms with Gasteiger partial charge < -0.3 is 9.47 Å². The Labute approximate surface area is 89.9 Å². The van der Waals surface area contributed by atoms with E-state index in [0.717, 1.165) is 19.3 Å². The molecule has 0 saturated heterocycles. The van der Waals surface area contributed by atoms with Crippen LogP contribution in [0.25, 0.3) is 0 Å². The predicted octanol–water partition coefficient (Wildman–Crippen LogP) is 1.53. The second kappa shape index (κ2) is 5.73. The molecule has 2 atom stereocenters. The highest BCUT2D eigenvalue weighted by atomic mass is 16.5. The van der Waals surface area contributed by atoms with Gasteiger partial charge in [0, 0.05) is 13.8 Å². The van der Waals surface area contributed by atoms with E-state index in [9.17, 15) is 9.59 Å². The summed E-state index contributed by atoms with van der Waals surface area (Å²) in [5, 5.41) is 0. The summed E-state index contributed by atoms with van der Waals surface area (Å²) in [5.41, 5.74) is 0. The van der Waals surface area contributed by atoms with Crippen molar-refractivity contribution in [3.8, 4) is 0 Å². The molecule has 0 aliphatic heterocycles. The molecule has 1 fully saturated rings. The van der Waals surface area contributed by atoms with Crippen molar-refractivity contribution in [1.82, 2.24) is 0 Å². The van der Waals surface area contributed by atoms with Crippen LogP contribution in [0, 0.1) is 11.8 Å². The highest BCUT2D eigenvalue weighted by Crippen LogP contribution is 2.42. The van der Waals surface area contributed by atoms with Crippen molar-refractivity contribution in [3.63, 3.8) is 0 Å². The Balaban J connectivity index is 1.93. The van der Waals surface area contributed by atoms with Crippen LogP contribution >= 0.6 is 0 Å². The van der Waals surface area contributed by atoms with Gasteiger partial charge in [-0.3, -0.25) is 9.59 Å². The molecule has 1 rings (SSSR count). The fourth-order valence-electron chi connectivity index (χ4n) is 1.65. The van der Waals surface area contributed by atoms with Crippen molar-refractivity contribution in [1.29, 1.82) is 0 Å². The third kappa shape index (κ3) is 5.40. The molecular formula is C11H18O4. The molecule has 0 bridgehead atoms. The monoisotopic (exact) mass is 214 g/mol. The Morgan fingerprint density at radius 3 is 2.40 bits per heavy atom. The fraction of sp³-hybridized carbons (Fsp3) is 0.818. The molecule has 0 aromatic heterocycles. The van der Waals surface area contributed by atoms with E-state index in [0.29, 0.717) is 25.0 Å². The topological polar surface area (TPSA) is 52.6 Å². The van der Waals surface area contributed by atoms with E-state index in [-0.39, 0.29) is 11.9 Å². The van der Waals surface area contributed by atoms with Crippen molar-refractivity contribution >= 4 is 11.9 Å². The van der Waals surface area contributed by atoms with E-state index in [2.05, 4.69) is 0 Å². The van der Waals surface area contributed by atoms with Gasteiger partial charge in [-0.15, -0.1) is 0 Å². The first-order chi connectivity index (χ1) is 7.09. The molecule has 0 heterocycles. The summed E-state index contributed by atoms with van der Waals surface area (Å²) in [6, 6.07) is 0. The first-order valence-electron chi connectivity index (χ1n) is 5.36. The maximum absolute atomic E-state index is 10.5. The second-order valence-electron chi connectivity index (χ2n) is 4.04. The van der Waals surface area contributed by atoms with Crippen LogP contribution in [-0.2, 0) is 19.1 Å². The van der Waals surface area contributed by atoms with Crippen LogP contribution in [0.5, 0.6) is 0 Å². The van der Waals surface area contributed by atoms with Crippen LogP contribution in [0.2, 0.25) is 0 Å². The zero-order chi connectivity index (χ0) is 11.3. The van der Waals surface area contributed by atoms with Gasteiger partial charge in [-0.25, -0.2) is 0 Å². The van der Waals surface area contributed by atoms with Crippen molar-refractivity contribution in [3.05, 3.63) is 0 Å². The zero-order valence-electron chi connectivity index (χ0n) is 9.32. The summed E-state index contributed by atoms with van der Waals surface area (Å²) < 4.78 is 9.75. The van der Waals surface area contributed by atoms with Crippen LogP contribution in [0.1, 0.15) is 33.1 Å². The van der Waals surface area contributed by atoms with Gasteiger partial charge in [-0.2, -0.15) is 0 Å². The van der Waals surface area contributed by atoms with Crippen LogP contribution in [0.4, 0.5) is 0 Å². The van der Waals surface area contributed by atoms with E-state index in [1.54, 1.807) is 0 Å². The van der Waals surface area contributed by atoms with E-state index >= 15 is 0 Å². The summed E-state index contributed by atoms with van der Waals surface area (Å²) in [6.07, 6.45) is 3.09. The molecule has 1 saturated carbocycles. The lowest BCUT2D eigenvalue weighted by Gasteiger charge is -2.02. The molecular weight excluding hydrogens is 196 g/mol. The molecule has 1 aliphatic carbocycles. The first kappa shape index (κ1) is 12.0. The average molecular weight is 214 g/mol. The Hall–Kier alpha value is -1.06. The molecule has 4 heteroatoms. The van der Waals surface area contributed by atoms with Gasteiger partial charge >= 0.3 is 11.9 Å². The molecule has 0 spiro atoms. The van der Waals surface area contributed by atoms with Crippen molar-refractivity contribution in [2.45, 2.75) is 33.1 Å². The number of hydrogen-bond acceptors (Lipinski definition) is 4. The SMILES string of the molecule is CC(=O)OCCC[C@@H]1C[C@H]1COC(C)=O. The molecule has 0 radical (unpaired) electrons. The van der Waals surface area contributed by atoms with Crippen LogP contribution in [0.15, 0.2) is 0 Å². The lowest BCUT2D eigenvalue weighted by molar-refractivity contribution is -0.142. The lowest BCUT2D eigenvalue weighted by atomic mass is 10.2. The number of carbonyl (C=O) groups excluding carboxylic acids is 2.